The van der Waals surface area contributed by atoms with Crippen LogP contribution in [0.25, 0.3) is 60.9 Å². The zero-order valence-electron chi connectivity index (χ0n) is 29.9. The van der Waals surface area contributed by atoms with Gasteiger partial charge in [-0.3, -0.25) is 0 Å². The molecule has 0 radical (unpaired) electrons. The number of hydrogen-bond donors (Lipinski definition) is 0. The fourth-order valence-electron chi connectivity index (χ4n) is 8.58. The van der Waals surface area contributed by atoms with E-state index in [0.29, 0.717) is 0 Å². The molecular weight excluding hydrogens is 641 g/mol. The molecule has 2 nitrogen and oxygen atoms in total. The number of rotatable bonds is 6. The quantitative estimate of drug-likeness (QED) is 0.170. The van der Waals surface area contributed by atoms with Crippen LogP contribution >= 0.6 is 0 Å². The standard InChI is InChI=1S/C51H38N2/c1-51(2)45-20-13-23-49(53-47-21-11-9-18-42(47)43-19-10-12-22-48(43)53)50(45)44-33-32-41(34-46(44)51)52(39-28-24-37(25-29-39)35-14-5-3-6-15-35)40-30-26-38(27-31-40)36-16-7-4-8-17-36/h3-34H,1-2H3. The van der Waals surface area contributed by atoms with E-state index in [2.05, 4.69) is 217 Å². The molecule has 2 heteroatoms. The van der Waals surface area contributed by atoms with Crippen molar-refractivity contribution in [2.75, 3.05) is 4.90 Å². The van der Waals surface area contributed by atoms with Crippen LogP contribution in [0.1, 0.15) is 25.0 Å². The Kier molecular flexibility index (Phi) is 7.19. The summed E-state index contributed by atoms with van der Waals surface area (Å²) in [5, 5.41) is 2.56. The topological polar surface area (TPSA) is 8.17 Å². The second kappa shape index (κ2) is 12.3. The highest BCUT2D eigenvalue weighted by Crippen LogP contribution is 2.53. The van der Waals surface area contributed by atoms with Crippen LogP contribution < -0.4 is 4.90 Å². The number of fused-ring (bicyclic) bond motifs is 6. The third-order valence-electron chi connectivity index (χ3n) is 11.2. The highest BCUT2D eigenvalue weighted by atomic mass is 15.1. The minimum Gasteiger partial charge on any atom is -0.310 e. The molecule has 0 amide bonds. The Bertz CT molecular complexity index is 2640. The van der Waals surface area contributed by atoms with Crippen molar-refractivity contribution in [3.63, 3.8) is 0 Å². The Morgan fingerprint density at radius 3 is 1.42 bits per heavy atom. The largest absolute Gasteiger partial charge is 0.310 e. The molecule has 1 aromatic heterocycles. The predicted molar refractivity (Wildman–Crippen MR) is 224 cm³/mol. The van der Waals surface area contributed by atoms with Crippen LogP contribution in [0.3, 0.4) is 0 Å². The Hall–Kier alpha value is -6.64. The molecule has 0 unspecified atom stereocenters. The predicted octanol–water partition coefficient (Wildman–Crippen LogP) is 13.9. The van der Waals surface area contributed by atoms with Crippen molar-refractivity contribution in [2.24, 2.45) is 0 Å². The summed E-state index contributed by atoms with van der Waals surface area (Å²) < 4.78 is 2.47. The van der Waals surface area contributed by atoms with Gasteiger partial charge in [0.15, 0.2) is 0 Å². The molecule has 10 rings (SSSR count). The molecule has 0 aliphatic heterocycles. The zero-order valence-corrected chi connectivity index (χ0v) is 29.9. The lowest BCUT2D eigenvalue weighted by molar-refractivity contribution is 0.660. The van der Waals surface area contributed by atoms with E-state index in [-0.39, 0.29) is 5.41 Å². The fraction of sp³-hybridized carbons (Fsp3) is 0.0588. The van der Waals surface area contributed by atoms with E-state index in [0.717, 1.165) is 17.1 Å². The maximum absolute atomic E-state index is 2.47. The molecule has 0 bridgehead atoms. The number of anilines is 3. The Labute approximate surface area is 310 Å². The van der Waals surface area contributed by atoms with Crippen molar-refractivity contribution in [3.8, 4) is 39.1 Å². The first-order valence-corrected chi connectivity index (χ1v) is 18.4. The summed E-state index contributed by atoms with van der Waals surface area (Å²) in [5.74, 6) is 0. The van der Waals surface area contributed by atoms with Crippen LogP contribution in [0.15, 0.2) is 194 Å². The van der Waals surface area contributed by atoms with E-state index in [9.17, 15) is 0 Å². The van der Waals surface area contributed by atoms with Gasteiger partial charge in [0, 0.05) is 38.8 Å². The molecule has 1 aliphatic carbocycles. The van der Waals surface area contributed by atoms with Gasteiger partial charge in [-0.15, -0.1) is 0 Å². The lowest BCUT2D eigenvalue weighted by atomic mass is 9.82. The van der Waals surface area contributed by atoms with Crippen LogP contribution in [-0.4, -0.2) is 4.57 Å². The van der Waals surface area contributed by atoms with Crippen LogP contribution in [0, 0.1) is 0 Å². The molecule has 0 spiro atoms. The number of para-hydroxylation sites is 2. The molecule has 9 aromatic rings. The van der Waals surface area contributed by atoms with Crippen molar-refractivity contribution < 1.29 is 0 Å². The van der Waals surface area contributed by atoms with E-state index in [1.165, 1.54) is 72.0 Å². The van der Waals surface area contributed by atoms with E-state index in [1.807, 2.05) is 0 Å². The fourth-order valence-corrected chi connectivity index (χ4v) is 8.58. The van der Waals surface area contributed by atoms with Crippen molar-refractivity contribution in [2.45, 2.75) is 19.3 Å². The smallest absolute Gasteiger partial charge is 0.0543 e. The molecule has 1 aliphatic rings. The molecule has 252 valence electrons. The normalized spacial score (nSPS) is 12.9. The minimum absolute atomic E-state index is 0.199. The molecule has 0 N–H and O–H groups in total. The van der Waals surface area contributed by atoms with Gasteiger partial charge < -0.3 is 9.47 Å². The van der Waals surface area contributed by atoms with Gasteiger partial charge in [-0.1, -0.05) is 153 Å². The van der Waals surface area contributed by atoms with Crippen LogP contribution in [0.2, 0.25) is 0 Å². The number of nitrogens with zero attached hydrogens (tertiary/aromatic N) is 2. The van der Waals surface area contributed by atoms with E-state index >= 15 is 0 Å². The molecule has 0 atom stereocenters. The van der Waals surface area contributed by atoms with Crippen LogP contribution in [0.4, 0.5) is 17.1 Å². The van der Waals surface area contributed by atoms with Gasteiger partial charge in [-0.25, -0.2) is 0 Å². The molecule has 0 fully saturated rings. The molecular formula is C51H38N2. The summed E-state index contributed by atoms with van der Waals surface area (Å²) >= 11 is 0. The first kappa shape index (κ1) is 31.1. The van der Waals surface area contributed by atoms with Gasteiger partial charge in [-0.05, 0) is 93.5 Å². The highest BCUT2D eigenvalue weighted by Gasteiger charge is 2.38. The Morgan fingerprint density at radius 1 is 0.396 bits per heavy atom. The number of aromatic nitrogens is 1. The highest BCUT2D eigenvalue weighted by molar-refractivity contribution is 6.10. The van der Waals surface area contributed by atoms with E-state index < -0.39 is 0 Å². The first-order valence-electron chi connectivity index (χ1n) is 18.4. The Balaban J connectivity index is 1.13. The Morgan fingerprint density at radius 2 is 0.868 bits per heavy atom. The van der Waals surface area contributed by atoms with Crippen molar-refractivity contribution in [3.05, 3.63) is 205 Å². The minimum atomic E-state index is -0.199. The van der Waals surface area contributed by atoms with Gasteiger partial charge in [0.05, 0.1) is 16.7 Å². The molecule has 8 aromatic carbocycles. The van der Waals surface area contributed by atoms with Gasteiger partial charge in [0.2, 0.25) is 0 Å². The summed E-state index contributed by atoms with van der Waals surface area (Å²) in [6.45, 7) is 4.76. The summed E-state index contributed by atoms with van der Waals surface area (Å²) in [6, 6.07) is 70.7. The molecule has 0 saturated heterocycles. The van der Waals surface area contributed by atoms with Crippen LogP contribution in [-0.2, 0) is 5.41 Å². The van der Waals surface area contributed by atoms with Crippen molar-refractivity contribution >= 4 is 38.9 Å². The second-order valence-corrected chi connectivity index (χ2v) is 14.6. The maximum atomic E-state index is 2.47. The van der Waals surface area contributed by atoms with Gasteiger partial charge >= 0.3 is 0 Å². The van der Waals surface area contributed by atoms with Gasteiger partial charge in [0.25, 0.3) is 0 Å². The van der Waals surface area contributed by atoms with Crippen LogP contribution in [0.5, 0.6) is 0 Å². The summed E-state index contributed by atoms with van der Waals surface area (Å²) in [6.07, 6.45) is 0. The lowest BCUT2D eigenvalue weighted by Crippen LogP contribution is -2.16. The molecule has 0 saturated carbocycles. The summed E-state index contributed by atoms with van der Waals surface area (Å²) in [4.78, 5) is 2.40. The second-order valence-electron chi connectivity index (χ2n) is 14.6. The maximum Gasteiger partial charge on any atom is 0.0543 e. The summed E-state index contributed by atoms with van der Waals surface area (Å²) in [5.41, 5.74) is 17.0. The lowest BCUT2D eigenvalue weighted by Gasteiger charge is -2.28. The summed E-state index contributed by atoms with van der Waals surface area (Å²) in [7, 11) is 0. The first-order chi connectivity index (χ1) is 26.1. The zero-order chi connectivity index (χ0) is 35.5. The average Bonchev–Trinajstić information content (AvgIpc) is 3.67. The monoisotopic (exact) mass is 678 g/mol. The van der Waals surface area contributed by atoms with Gasteiger partial charge in [0.1, 0.15) is 0 Å². The molecule has 1 heterocycles. The van der Waals surface area contributed by atoms with Gasteiger partial charge in [-0.2, -0.15) is 0 Å². The number of benzene rings is 8. The van der Waals surface area contributed by atoms with Crippen molar-refractivity contribution in [1.82, 2.24) is 4.57 Å². The third-order valence-corrected chi connectivity index (χ3v) is 11.2. The van der Waals surface area contributed by atoms with Crippen molar-refractivity contribution in [1.29, 1.82) is 0 Å². The van der Waals surface area contributed by atoms with E-state index in [4.69, 9.17) is 0 Å². The van der Waals surface area contributed by atoms with E-state index in [1.54, 1.807) is 0 Å². The third kappa shape index (κ3) is 5.02. The number of hydrogen-bond acceptors (Lipinski definition) is 1. The molecule has 53 heavy (non-hydrogen) atoms. The SMILES string of the molecule is CC1(C)c2cc(N(c3ccc(-c4ccccc4)cc3)c3ccc(-c4ccccc4)cc3)ccc2-c2c(-n3c4ccccc4c4ccccc43)cccc21. The average molecular weight is 679 g/mol.